The number of rotatable bonds is 3. The van der Waals surface area contributed by atoms with Crippen LogP contribution in [-0.4, -0.2) is 33.3 Å². The van der Waals surface area contributed by atoms with E-state index in [0.717, 1.165) is 11.8 Å². The third kappa shape index (κ3) is 2.95. The van der Waals surface area contributed by atoms with Crippen LogP contribution in [0.2, 0.25) is 0 Å². The van der Waals surface area contributed by atoms with Crippen molar-refractivity contribution in [1.29, 1.82) is 0 Å². The van der Waals surface area contributed by atoms with Crippen molar-refractivity contribution in [2.24, 2.45) is 9.98 Å². The first kappa shape index (κ1) is 14.2. The molecule has 1 atom stereocenters. The van der Waals surface area contributed by atoms with E-state index in [2.05, 4.69) is 25.2 Å². The summed E-state index contributed by atoms with van der Waals surface area (Å²) in [7, 11) is 0. The third-order valence-corrected chi connectivity index (χ3v) is 2.99. The van der Waals surface area contributed by atoms with Gasteiger partial charge >= 0.3 is 6.18 Å². The molecule has 0 fully saturated rings. The number of pyridine rings is 1. The van der Waals surface area contributed by atoms with Gasteiger partial charge in [-0.3, -0.25) is 15.1 Å². The van der Waals surface area contributed by atoms with E-state index in [1.165, 1.54) is 6.20 Å². The fourth-order valence-corrected chi connectivity index (χ4v) is 1.93. The molecule has 3 heterocycles. The van der Waals surface area contributed by atoms with Crippen molar-refractivity contribution in [1.82, 2.24) is 15.2 Å². The third-order valence-electron chi connectivity index (χ3n) is 2.99. The summed E-state index contributed by atoms with van der Waals surface area (Å²) in [6, 6.07) is 3.65. The molecule has 2 aromatic rings. The van der Waals surface area contributed by atoms with E-state index < -0.39 is 18.1 Å². The molecule has 0 bridgehead atoms. The van der Waals surface area contributed by atoms with Crippen LogP contribution >= 0.6 is 0 Å². The van der Waals surface area contributed by atoms with Gasteiger partial charge in [-0.15, -0.1) is 0 Å². The number of halogens is 3. The van der Waals surface area contributed by atoms with Crippen LogP contribution in [0.15, 0.2) is 40.7 Å². The first-order valence-corrected chi connectivity index (χ1v) is 6.33. The van der Waals surface area contributed by atoms with Crippen molar-refractivity contribution >= 4 is 24.1 Å². The van der Waals surface area contributed by atoms with Crippen LogP contribution in [-0.2, 0) is 0 Å². The average Bonchev–Trinajstić information content (AvgIpc) is 3.14. The Morgan fingerprint density at radius 3 is 2.73 bits per heavy atom. The molecule has 0 amide bonds. The highest BCUT2D eigenvalue weighted by molar-refractivity contribution is 6.34. The number of aromatic amines is 1. The van der Waals surface area contributed by atoms with Crippen LogP contribution in [0.3, 0.4) is 0 Å². The molecular formula is C14H10F3N5. The fourth-order valence-electron chi connectivity index (χ4n) is 1.93. The highest BCUT2D eigenvalue weighted by Gasteiger charge is 2.38. The van der Waals surface area contributed by atoms with Gasteiger partial charge in [-0.1, -0.05) is 18.2 Å². The summed E-state index contributed by atoms with van der Waals surface area (Å²) in [6.45, 7) is 0. The maximum absolute atomic E-state index is 12.6. The first-order valence-electron chi connectivity index (χ1n) is 6.33. The Morgan fingerprint density at radius 1 is 1.18 bits per heavy atom. The number of alkyl halides is 3. The number of H-pyrrole nitrogens is 1. The minimum atomic E-state index is -4.50. The van der Waals surface area contributed by atoms with Gasteiger partial charge in [-0.05, 0) is 11.6 Å². The quantitative estimate of drug-likeness (QED) is 0.947. The van der Waals surface area contributed by atoms with Crippen LogP contribution in [0.4, 0.5) is 13.2 Å². The second-order valence-corrected chi connectivity index (χ2v) is 4.52. The summed E-state index contributed by atoms with van der Waals surface area (Å²) in [6.07, 6.45) is 3.64. The maximum Gasteiger partial charge on any atom is 0.434 e. The van der Waals surface area contributed by atoms with E-state index in [4.69, 9.17) is 0 Å². The molecular weight excluding hydrogens is 295 g/mol. The molecule has 8 heteroatoms. The van der Waals surface area contributed by atoms with Crippen molar-refractivity contribution in [3.05, 3.63) is 47.5 Å². The molecule has 0 spiro atoms. The SMILES string of the molecule is FC(F)(F)C1=NC(c2[nH]ncc2/C=C/c2cccnc2)N=C1. The van der Waals surface area contributed by atoms with Gasteiger partial charge in [0, 0.05) is 18.0 Å². The summed E-state index contributed by atoms with van der Waals surface area (Å²) in [5.41, 5.74) is 0.909. The predicted molar refractivity (Wildman–Crippen MR) is 76.5 cm³/mol. The Bertz CT molecular complexity index is 743. The minimum Gasteiger partial charge on any atom is -0.278 e. The molecule has 1 aliphatic heterocycles. The smallest absolute Gasteiger partial charge is 0.278 e. The summed E-state index contributed by atoms with van der Waals surface area (Å²) in [4.78, 5) is 11.3. The fraction of sp³-hybridized carbons (Fsp3) is 0.143. The Morgan fingerprint density at radius 2 is 2.05 bits per heavy atom. The molecule has 0 radical (unpaired) electrons. The lowest BCUT2D eigenvalue weighted by molar-refractivity contribution is -0.0564. The Hall–Kier alpha value is -2.77. The summed E-state index contributed by atoms with van der Waals surface area (Å²) in [5, 5.41) is 6.50. The molecule has 3 rings (SSSR count). The molecule has 0 aromatic carbocycles. The van der Waals surface area contributed by atoms with Crippen molar-refractivity contribution in [2.45, 2.75) is 12.3 Å². The van der Waals surface area contributed by atoms with Gasteiger partial charge in [-0.2, -0.15) is 18.3 Å². The van der Waals surface area contributed by atoms with Gasteiger partial charge in [0.1, 0.15) is 0 Å². The van der Waals surface area contributed by atoms with Crippen LogP contribution in [0.5, 0.6) is 0 Å². The molecule has 1 aliphatic rings. The number of hydrogen-bond acceptors (Lipinski definition) is 4. The predicted octanol–water partition coefficient (Wildman–Crippen LogP) is 3.06. The van der Waals surface area contributed by atoms with Crippen molar-refractivity contribution in [2.75, 3.05) is 0 Å². The zero-order valence-corrected chi connectivity index (χ0v) is 11.1. The first-order chi connectivity index (χ1) is 10.5. The topological polar surface area (TPSA) is 66.3 Å². The van der Waals surface area contributed by atoms with Crippen molar-refractivity contribution in [3.8, 4) is 0 Å². The van der Waals surface area contributed by atoms with E-state index in [1.54, 1.807) is 30.6 Å². The molecule has 1 unspecified atom stereocenters. The van der Waals surface area contributed by atoms with Gasteiger partial charge in [0.2, 0.25) is 0 Å². The highest BCUT2D eigenvalue weighted by atomic mass is 19.4. The second kappa shape index (κ2) is 5.55. The largest absolute Gasteiger partial charge is 0.434 e. The lowest BCUT2D eigenvalue weighted by Gasteiger charge is -2.04. The maximum atomic E-state index is 12.6. The Kier molecular flexibility index (Phi) is 3.58. The van der Waals surface area contributed by atoms with E-state index in [1.807, 2.05) is 6.07 Å². The number of hydrogen-bond donors (Lipinski definition) is 1. The van der Waals surface area contributed by atoms with E-state index >= 15 is 0 Å². The lowest BCUT2D eigenvalue weighted by Crippen LogP contribution is -2.22. The number of nitrogens with one attached hydrogen (secondary N) is 1. The normalized spacial score (nSPS) is 18.1. The molecule has 112 valence electrons. The van der Waals surface area contributed by atoms with E-state index in [0.29, 0.717) is 11.3 Å². The number of aliphatic imine (C=N–C) groups is 2. The molecule has 0 saturated heterocycles. The van der Waals surface area contributed by atoms with Gasteiger partial charge in [0.15, 0.2) is 11.9 Å². The van der Waals surface area contributed by atoms with E-state index in [9.17, 15) is 13.2 Å². The Labute approximate surface area is 123 Å². The molecule has 1 N–H and O–H groups in total. The lowest BCUT2D eigenvalue weighted by atomic mass is 10.1. The summed E-state index contributed by atoms with van der Waals surface area (Å²) in [5.74, 6) is 0. The minimum absolute atomic E-state index is 0.413. The molecule has 0 aliphatic carbocycles. The zero-order chi connectivity index (χ0) is 15.6. The second-order valence-electron chi connectivity index (χ2n) is 4.52. The monoisotopic (exact) mass is 305 g/mol. The van der Waals surface area contributed by atoms with Crippen LogP contribution < -0.4 is 0 Å². The molecule has 0 saturated carbocycles. The molecule has 5 nitrogen and oxygen atoms in total. The van der Waals surface area contributed by atoms with Crippen molar-refractivity contribution in [3.63, 3.8) is 0 Å². The highest BCUT2D eigenvalue weighted by Crippen LogP contribution is 2.29. The number of nitrogens with zero attached hydrogens (tertiary/aromatic N) is 4. The molecule has 22 heavy (non-hydrogen) atoms. The van der Waals surface area contributed by atoms with E-state index in [-0.39, 0.29) is 0 Å². The van der Waals surface area contributed by atoms with Crippen LogP contribution in [0.25, 0.3) is 12.2 Å². The van der Waals surface area contributed by atoms with Crippen LogP contribution in [0, 0.1) is 0 Å². The van der Waals surface area contributed by atoms with Gasteiger partial charge in [0.05, 0.1) is 18.1 Å². The summed E-state index contributed by atoms with van der Waals surface area (Å²) >= 11 is 0. The Balaban J connectivity index is 1.84. The van der Waals surface area contributed by atoms with Crippen molar-refractivity contribution < 1.29 is 13.2 Å². The number of aromatic nitrogens is 3. The van der Waals surface area contributed by atoms with Gasteiger partial charge < -0.3 is 0 Å². The average molecular weight is 305 g/mol. The van der Waals surface area contributed by atoms with Crippen LogP contribution in [0.1, 0.15) is 23.0 Å². The summed E-state index contributed by atoms with van der Waals surface area (Å²) < 4.78 is 37.7. The standard InChI is InChI=1S/C14H10F3N5/c15-14(16,17)11-8-19-13(21-11)12-10(7-20-22-12)4-3-9-2-1-5-18-6-9/h1-8,13H,(H,20,22)/b4-3+. The zero-order valence-electron chi connectivity index (χ0n) is 11.1. The molecule has 2 aromatic heterocycles. The van der Waals surface area contributed by atoms with Gasteiger partial charge in [0.25, 0.3) is 0 Å². The van der Waals surface area contributed by atoms with Gasteiger partial charge in [-0.25, -0.2) is 4.99 Å².